The van der Waals surface area contributed by atoms with Crippen LogP contribution in [-0.2, 0) is 4.79 Å². The van der Waals surface area contributed by atoms with E-state index in [-0.39, 0.29) is 11.9 Å². The van der Waals surface area contributed by atoms with Crippen LogP contribution in [0.2, 0.25) is 0 Å². The highest BCUT2D eigenvalue weighted by molar-refractivity contribution is 5.81. The van der Waals surface area contributed by atoms with E-state index < -0.39 is 0 Å². The van der Waals surface area contributed by atoms with Gasteiger partial charge in [-0.25, -0.2) is 0 Å². The summed E-state index contributed by atoms with van der Waals surface area (Å²) < 4.78 is 0. The summed E-state index contributed by atoms with van der Waals surface area (Å²) in [5.41, 5.74) is 6.21. The first kappa shape index (κ1) is 12.5. The Morgan fingerprint density at radius 3 is 2.47 bits per heavy atom. The monoisotopic (exact) mass is 212 g/mol. The molecule has 1 amide bonds. The predicted molar refractivity (Wildman–Crippen MR) is 62.3 cm³/mol. The lowest BCUT2D eigenvalue weighted by atomic mass is 10.0. The maximum Gasteiger partial charge on any atom is 0.236 e. The van der Waals surface area contributed by atoms with E-state index in [0.29, 0.717) is 17.3 Å². The molecule has 1 saturated carbocycles. The van der Waals surface area contributed by atoms with Crippen molar-refractivity contribution >= 4 is 5.91 Å². The molecule has 1 fully saturated rings. The van der Waals surface area contributed by atoms with Crippen molar-refractivity contribution in [2.24, 2.45) is 23.0 Å². The number of carbonyl (C=O) groups is 1. The molecular weight excluding hydrogens is 188 g/mol. The van der Waals surface area contributed by atoms with E-state index >= 15 is 0 Å². The fourth-order valence-electron chi connectivity index (χ4n) is 1.89. The molecule has 1 aliphatic carbocycles. The number of hydrogen-bond acceptors (Lipinski definition) is 2. The second kappa shape index (κ2) is 4.52. The highest BCUT2D eigenvalue weighted by Crippen LogP contribution is 2.50. The van der Waals surface area contributed by atoms with Gasteiger partial charge in [0.2, 0.25) is 5.91 Å². The van der Waals surface area contributed by atoms with Crippen molar-refractivity contribution in [2.45, 2.75) is 46.6 Å². The van der Waals surface area contributed by atoms with Crippen molar-refractivity contribution in [3.8, 4) is 0 Å². The highest BCUT2D eigenvalue weighted by Gasteiger charge is 2.45. The Morgan fingerprint density at radius 1 is 1.53 bits per heavy atom. The van der Waals surface area contributed by atoms with Crippen molar-refractivity contribution in [3.63, 3.8) is 0 Å². The average Bonchev–Trinajstić information content (AvgIpc) is 2.68. The molecule has 15 heavy (non-hydrogen) atoms. The summed E-state index contributed by atoms with van der Waals surface area (Å²) in [6.45, 7) is 9.42. The van der Waals surface area contributed by atoms with Gasteiger partial charge in [0.1, 0.15) is 0 Å². The fourth-order valence-corrected chi connectivity index (χ4v) is 1.89. The van der Waals surface area contributed by atoms with Crippen molar-refractivity contribution in [1.82, 2.24) is 5.32 Å². The molecule has 3 nitrogen and oxygen atoms in total. The number of rotatable bonds is 5. The van der Waals surface area contributed by atoms with E-state index in [4.69, 9.17) is 5.73 Å². The van der Waals surface area contributed by atoms with Crippen molar-refractivity contribution < 1.29 is 4.79 Å². The molecule has 1 rings (SSSR count). The summed E-state index contributed by atoms with van der Waals surface area (Å²) in [4.78, 5) is 11.6. The van der Waals surface area contributed by atoms with Gasteiger partial charge >= 0.3 is 0 Å². The first-order valence-corrected chi connectivity index (χ1v) is 5.86. The number of hydrogen-bond donors (Lipinski definition) is 2. The topological polar surface area (TPSA) is 55.1 Å². The van der Waals surface area contributed by atoms with E-state index in [2.05, 4.69) is 33.0 Å². The number of nitrogens with two attached hydrogens (primary N) is 1. The summed E-state index contributed by atoms with van der Waals surface area (Å²) in [6, 6.07) is -0.341. The van der Waals surface area contributed by atoms with Crippen LogP contribution in [0.15, 0.2) is 0 Å². The maximum atomic E-state index is 11.6. The van der Waals surface area contributed by atoms with Gasteiger partial charge < -0.3 is 11.1 Å². The molecular formula is C12H24N2O. The van der Waals surface area contributed by atoms with Crippen LogP contribution in [0, 0.1) is 17.3 Å². The molecule has 2 unspecified atom stereocenters. The van der Waals surface area contributed by atoms with Gasteiger partial charge in [0.15, 0.2) is 0 Å². The smallest absolute Gasteiger partial charge is 0.236 e. The molecule has 0 aromatic rings. The van der Waals surface area contributed by atoms with Crippen LogP contribution >= 0.6 is 0 Å². The minimum Gasteiger partial charge on any atom is -0.354 e. The normalized spacial score (nSPS) is 25.1. The lowest BCUT2D eigenvalue weighted by molar-refractivity contribution is -0.122. The van der Waals surface area contributed by atoms with Crippen molar-refractivity contribution in [2.75, 3.05) is 6.54 Å². The van der Waals surface area contributed by atoms with Crippen LogP contribution in [0.4, 0.5) is 0 Å². The SMILES string of the molecule is CC(C)CC(N)C(=O)NCC1CC1(C)C. The van der Waals surface area contributed by atoms with E-state index in [1.807, 2.05) is 0 Å². The van der Waals surface area contributed by atoms with Gasteiger partial charge in [0.05, 0.1) is 6.04 Å². The Bertz CT molecular complexity index is 236. The maximum absolute atomic E-state index is 11.6. The predicted octanol–water partition coefficient (Wildman–Crippen LogP) is 1.52. The Hall–Kier alpha value is -0.570. The van der Waals surface area contributed by atoms with E-state index in [0.717, 1.165) is 13.0 Å². The first-order chi connectivity index (χ1) is 6.83. The van der Waals surface area contributed by atoms with Gasteiger partial charge in [-0.15, -0.1) is 0 Å². The van der Waals surface area contributed by atoms with E-state index in [1.165, 1.54) is 6.42 Å². The molecule has 0 saturated heterocycles. The summed E-state index contributed by atoms with van der Waals surface area (Å²) in [5, 5.41) is 2.94. The minimum absolute atomic E-state index is 0.00593. The number of carbonyl (C=O) groups excluding carboxylic acids is 1. The second-order valence-corrected chi connectivity index (χ2v) is 5.87. The lowest BCUT2D eigenvalue weighted by Gasteiger charge is -2.14. The molecule has 0 radical (unpaired) electrons. The van der Waals surface area contributed by atoms with Crippen LogP contribution in [-0.4, -0.2) is 18.5 Å². The summed E-state index contributed by atoms with van der Waals surface area (Å²) in [6.07, 6.45) is 1.98. The van der Waals surface area contributed by atoms with E-state index in [1.54, 1.807) is 0 Å². The molecule has 0 aliphatic heterocycles. The van der Waals surface area contributed by atoms with Crippen molar-refractivity contribution in [1.29, 1.82) is 0 Å². The molecule has 3 heteroatoms. The van der Waals surface area contributed by atoms with Crippen molar-refractivity contribution in [3.05, 3.63) is 0 Å². The van der Waals surface area contributed by atoms with Gasteiger partial charge in [0, 0.05) is 6.54 Å². The van der Waals surface area contributed by atoms with Gasteiger partial charge in [-0.2, -0.15) is 0 Å². The molecule has 0 aromatic heterocycles. The van der Waals surface area contributed by atoms with Crippen LogP contribution in [0.25, 0.3) is 0 Å². The molecule has 88 valence electrons. The molecule has 1 aliphatic rings. The average molecular weight is 212 g/mol. The quantitative estimate of drug-likeness (QED) is 0.726. The summed E-state index contributed by atoms with van der Waals surface area (Å²) in [7, 11) is 0. The summed E-state index contributed by atoms with van der Waals surface area (Å²) >= 11 is 0. The van der Waals surface area contributed by atoms with Crippen LogP contribution < -0.4 is 11.1 Å². The first-order valence-electron chi connectivity index (χ1n) is 5.86. The standard InChI is InChI=1S/C12H24N2O/c1-8(2)5-10(13)11(15)14-7-9-6-12(9,3)4/h8-10H,5-7,13H2,1-4H3,(H,14,15). The highest BCUT2D eigenvalue weighted by atomic mass is 16.2. The second-order valence-electron chi connectivity index (χ2n) is 5.87. The Kier molecular flexibility index (Phi) is 3.77. The van der Waals surface area contributed by atoms with Crippen LogP contribution in [0.3, 0.4) is 0 Å². The fraction of sp³-hybridized carbons (Fsp3) is 0.917. The molecule has 3 N–H and O–H groups in total. The Balaban J connectivity index is 2.19. The van der Waals surface area contributed by atoms with Gasteiger partial charge in [0.25, 0.3) is 0 Å². The molecule has 0 aromatic carbocycles. The molecule has 0 heterocycles. The largest absolute Gasteiger partial charge is 0.354 e. The van der Waals surface area contributed by atoms with Gasteiger partial charge in [-0.05, 0) is 30.1 Å². The van der Waals surface area contributed by atoms with Crippen LogP contribution in [0.1, 0.15) is 40.5 Å². The van der Waals surface area contributed by atoms with E-state index in [9.17, 15) is 4.79 Å². The lowest BCUT2D eigenvalue weighted by Crippen LogP contribution is -2.42. The molecule has 0 bridgehead atoms. The third-order valence-corrected chi connectivity index (χ3v) is 3.30. The molecule has 0 spiro atoms. The third-order valence-electron chi connectivity index (χ3n) is 3.30. The Morgan fingerprint density at radius 2 is 2.07 bits per heavy atom. The van der Waals surface area contributed by atoms with Crippen LogP contribution in [0.5, 0.6) is 0 Å². The Labute approximate surface area is 92.8 Å². The third kappa shape index (κ3) is 3.82. The molecule has 2 atom stereocenters. The minimum atomic E-state index is -0.341. The van der Waals surface area contributed by atoms with Gasteiger partial charge in [-0.3, -0.25) is 4.79 Å². The zero-order chi connectivity index (χ0) is 11.6. The summed E-state index contributed by atoms with van der Waals surface area (Å²) in [5.74, 6) is 1.13. The number of amides is 1. The number of nitrogens with one attached hydrogen (secondary N) is 1. The van der Waals surface area contributed by atoms with Gasteiger partial charge in [-0.1, -0.05) is 27.7 Å². The zero-order valence-corrected chi connectivity index (χ0v) is 10.3. The zero-order valence-electron chi connectivity index (χ0n) is 10.3.